The molecule has 0 fully saturated rings. The Balaban J connectivity index is 1.99. The molecule has 3 heteroatoms. The number of carbonyl (C=O) groups is 1. The van der Waals surface area contributed by atoms with E-state index in [-0.39, 0.29) is 11.8 Å². The highest BCUT2D eigenvalue weighted by atomic mass is 16.1. The van der Waals surface area contributed by atoms with E-state index in [0.29, 0.717) is 0 Å². The molecule has 0 saturated heterocycles. The van der Waals surface area contributed by atoms with Crippen molar-refractivity contribution >= 4 is 5.78 Å². The molecule has 0 aliphatic heterocycles. The second kappa shape index (κ2) is 3.84. The Bertz CT molecular complexity index is 571. The number of aryl methyl sites for hydroxylation is 2. The summed E-state index contributed by atoms with van der Waals surface area (Å²) in [6.45, 7) is 1.94. The van der Waals surface area contributed by atoms with Crippen LogP contribution in [-0.4, -0.2) is 15.3 Å². The molecule has 0 saturated carbocycles. The Hall–Kier alpha value is -1.90. The van der Waals surface area contributed by atoms with Gasteiger partial charge in [0, 0.05) is 11.8 Å². The van der Waals surface area contributed by atoms with Crippen LogP contribution in [0.3, 0.4) is 0 Å². The van der Waals surface area contributed by atoms with Crippen molar-refractivity contribution in [3.63, 3.8) is 0 Å². The predicted molar refractivity (Wildman–Crippen MR) is 65.1 cm³/mol. The molecule has 1 aliphatic rings. The van der Waals surface area contributed by atoms with Gasteiger partial charge in [0.15, 0.2) is 5.78 Å². The zero-order chi connectivity index (χ0) is 11.8. The van der Waals surface area contributed by atoms with Crippen LogP contribution < -0.4 is 0 Å². The Morgan fingerprint density at radius 3 is 2.94 bits per heavy atom. The van der Waals surface area contributed by atoms with Crippen LogP contribution in [0.4, 0.5) is 0 Å². The molecule has 3 nitrogen and oxygen atoms in total. The van der Waals surface area contributed by atoms with E-state index in [1.807, 2.05) is 42.0 Å². The molecular formula is C14H14N2O. The first-order chi connectivity index (χ1) is 8.25. The van der Waals surface area contributed by atoms with Crippen molar-refractivity contribution in [2.45, 2.75) is 25.8 Å². The average Bonchev–Trinajstić information content (AvgIpc) is 2.77. The fraction of sp³-hybridized carbons (Fsp3) is 0.286. The van der Waals surface area contributed by atoms with E-state index in [1.165, 1.54) is 5.56 Å². The lowest BCUT2D eigenvalue weighted by molar-refractivity contribution is 0.0908. The monoisotopic (exact) mass is 226 g/mol. The van der Waals surface area contributed by atoms with Gasteiger partial charge in [-0.25, -0.2) is 4.98 Å². The van der Waals surface area contributed by atoms with E-state index >= 15 is 0 Å². The molecule has 17 heavy (non-hydrogen) atoms. The van der Waals surface area contributed by atoms with E-state index in [1.54, 1.807) is 6.33 Å². The molecule has 0 amide bonds. The SMILES string of the molecule is Cc1cn(C2CCc3ccccc3C2=O)cn1. The second-order valence-corrected chi connectivity index (χ2v) is 4.54. The van der Waals surface area contributed by atoms with Crippen LogP contribution in [0.25, 0.3) is 0 Å². The van der Waals surface area contributed by atoms with E-state index in [9.17, 15) is 4.79 Å². The highest BCUT2D eigenvalue weighted by Crippen LogP contribution is 2.28. The van der Waals surface area contributed by atoms with E-state index in [4.69, 9.17) is 0 Å². The summed E-state index contributed by atoms with van der Waals surface area (Å²) in [7, 11) is 0. The van der Waals surface area contributed by atoms with Crippen LogP contribution in [0.1, 0.15) is 34.1 Å². The van der Waals surface area contributed by atoms with Gasteiger partial charge in [-0.1, -0.05) is 24.3 Å². The Morgan fingerprint density at radius 1 is 1.35 bits per heavy atom. The highest BCUT2D eigenvalue weighted by molar-refractivity contribution is 6.01. The minimum absolute atomic E-state index is 0.0777. The average molecular weight is 226 g/mol. The standard InChI is InChI=1S/C14H14N2O/c1-10-8-16(9-15-10)13-7-6-11-4-2-3-5-12(11)14(13)17/h2-5,8-9,13H,6-7H2,1H3. The van der Waals surface area contributed by atoms with Gasteiger partial charge in [-0.3, -0.25) is 4.79 Å². The lowest BCUT2D eigenvalue weighted by atomic mass is 9.87. The fourth-order valence-electron chi connectivity index (χ4n) is 2.48. The minimum Gasteiger partial charge on any atom is -0.326 e. The number of hydrogen-bond donors (Lipinski definition) is 0. The van der Waals surface area contributed by atoms with Crippen LogP contribution in [0.2, 0.25) is 0 Å². The first-order valence-electron chi connectivity index (χ1n) is 5.88. The van der Waals surface area contributed by atoms with Crippen molar-refractivity contribution in [2.24, 2.45) is 0 Å². The van der Waals surface area contributed by atoms with Crippen molar-refractivity contribution in [3.8, 4) is 0 Å². The van der Waals surface area contributed by atoms with Crippen LogP contribution in [0.5, 0.6) is 0 Å². The highest BCUT2D eigenvalue weighted by Gasteiger charge is 2.27. The number of hydrogen-bond acceptors (Lipinski definition) is 2. The first kappa shape index (κ1) is 10.3. The lowest BCUT2D eigenvalue weighted by Gasteiger charge is -2.24. The largest absolute Gasteiger partial charge is 0.326 e. The fourth-order valence-corrected chi connectivity index (χ4v) is 2.48. The third kappa shape index (κ3) is 1.68. The molecule has 0 bridgehead atoms. The van der Waals surface area contributed by atoms with Gasteiger partial charge in [0.25, 0.3) is 0 Å². The van der Waals surface area contributed by atoms with Gasteiger partial charge in [-0.15, -0.1) is 0 Å². The molecule has 0 radical (unpaired) electrons. The molecule has 1 aromatic carbocycles. The van der Waals surface area contributed by atoms with Crippen LogP contribution in [0.15, 0.2) is 36.8 Å². The first-order valence-corrected chi connectivity index (χ1v) is 5.88. The minimum atomic E-state index is -0.0777. The summed E-state index contributed by atoms with van der Waals surface area (Å²) in [6.07, 6.45) is 5.53. The molecular weight excluding hydrogens is 212 g/mol. The maximum atomic E-state index is 12.4. The summed E-state index contributed by atoms with van der Waals surface area (Å²) >= 11 is 0. The summed E-state index contributed by atoms with van der Waals surface area (Å²) in [6, 6.07) is 7.81. The molecule has 2 aromatic rings. The summed E-state index contributed by atoms with van der Waals surface area (Å²) in [5, 5.41) is 0. The van der Waals surface area contributed by atoms with Crippen molar-refractivity contribution < 1.29 is 4.79 Å². The van der Waals surface area contributed by atoms with Gasteiger partial charge >= 0.3 is 0 Å². The normalized spacial score (nSPS) is 19.1. The third-order valence-electron chi connectivity index (χ3n) is 3.36. The maximum Gasteiger partial charge on any atom is 0.185 e. The molecule has 3 rings (SSSR count). The number of fused-ring (bicyclic) bond motifs is 1. The number of rotatable bonds is 1. The number of imidazole rings is 1. The molecule has 1 unspecified atom stereocenters. The second-order valence-electron chi connectivity index (χ2n) is 4.54. The molecule has 1 aromatic heterocycles. The zero-order valence-corrected chi connectivity index (χ0v) is 9.76. The molecule has 1 heterocycles. The van der Waals surface area contributed by atoms with Gasteiger partial charge in [-0.2, -0.15) is 0 Å². The Labute approximate surface area is 100 Å². The molecule has 1 atom stereocenters. The molecule has 0 spiro atoms. The summed E-state index contributed by atoms with van der Waals surface area (Å²) in [4.78, 5) is 16.6. The van der Waals surface area contributed by atoms with Crippen LogP contribution >= 0.6 is 0 Å². The number of Topliss-reactive ketones (excluding diaryl/α,β-unsaturated/α-hetero) is 1. The van der Waals surface area contributed by atoms with Crippen molar-refractivity contribution in [1.82, 2.24) is 9.55 Å². The zero-order valence-electron chi connectivity index (χ0n) is 9.76. The number of benzene rings is 1. The summed E-state index contributed by atoms with van der Waals surface area (Å²) < 4.78 is 1.94. The quantitative estimate of drug-likeness (QED) is 0.749. The van der Waals surface area contributed by atoms with Crippen molar-refractivity contribution in [1.29, 1.82) is 0 Å². The predicted octanol–water partition coefficient (Wildman–Crippen LogP) is 2.56. The summed E-state index contributed by atoms with van der Waals surface area (Å²) in [5.41, 5.74) is 3.00. The Kier molecular flexibility index (Phi) is 2.32. The van der Waals surface area contributed by atoms with Gasteiger partial charge < -0.3 is 4.57 Å². The van der Waals surface area contributed by atoms with Gasteiger partial charge in [-0.05, 0) is 25.3 Å². The Morgan fingerprint density at radius 2 is 2.18 bits per heavy atom. The van der Waals surface area contributed by atoms with Gasteiger partial charge in [0.05, 0.1) is 18.1 Å². The smallest absolute Gasteiger partial charge is 0.185 e. The number of nitrogens with zero attached hydrogens (tertiary/aromatic N) is 2. The van der Waals surface area contributed by atoms with E-state index < -0.39 is 0 Å². The molecule has 0 N–H and O–H groups in total. The van der Waals surface area contributed by atoms with Gasteiger partial charge in [0.1, 0.15) is 0 Å². The number of ketones is 1. The van der Waals surface area contributed by atoms with Crippen LogP contribution in [0, 0.1) is 6.92 Å². The number of aromatic nitrogens is 2. The molecule has 86 valence electrons. The van der Waals surface area contributed by atoms with Crippen molar-refractivity contribution in [2.75, 3.05) is 0 Å². The summed E-state index contributed by atoms with van der Waals surface area (Å²) in [5.74, 6) is 0.212. The van der Waals surface area contributed by atoms with Crippen LogP contribution in [-0.2, 0) is 6.42 Å². The van der Waals surface area contributed by atoms with Crippen molar-refractivity contribution in [3.05, 3.63) is 53.6 Å². The van der Waals surface area contributed by atoms with Gasteiger partial charge in [0.2, 0.25) is 0 Å². The lowest BCUT2D eigenvalue weighted by Crippen LogP contribution is -2.24. The third-order valence-corrected chi connectivity index (χ3v) is 3.36. The van der Waals surface area contributed by atoms with E-state index in [2.05, 4.69) is 4.98 Å². The molecule has 1 aliphatic carbocycles. The topological polar surface area (TPSA) is 34.9 Å². The maximum absolute atomic E-state index is 12.4. The van der Waals surface area contributed by atoms with E-state index in [0.717, 1.165) is 24.1 Å². The number of carbonyl (C=O) groups excluding carboxylic acids is 1.